The summed E-state index contributed by atoms with van der Waals surface area (Å²) in [5, 5.41) is 2.07. The Morgan fingerprint density at radius 3 is 1.85 bits per heavy atom. The highest BCUT2D eigenvalue weighted by atomic mass is 19.3. The van der Waals surface area contributed by atoms with E-state index in [2.05, 4.69) is 5.32 Å². The Labute approximate surface area is 74.5 Å². The van der Waals surface area contributed by atoms with Crippen molar-refractivity contribution in [2.75, 3.05) is 0 Å². The van der Waals surface area contributed by atoms with Crippen LogP contribution in [0.5, 0.6) is 0 Å². The molecule has 0 aliphatic carbocycles. The normalized spacial score (nSPS) is 24.6. The summed E-state index contributed by atoms with van der Waals surface area (Å²) in [6.45, 7) is 3.20. The first-order valence-electron chi connectivity index (χ1n) is 4.16. The molecule has 3 nitrogen and oxygen atoms in total. The zero-order chi connectivity index (χ0) is 10.3. The minimum Gasteiger partial charge on any atom is -0.338 e. The number of nitrogens with one attached hydrogen (secondary N) is 1. The molecular formula is C8H11F2NO2. The molecule has 0 aromatic rings. The molecule has 1 rings (SSSR count). The summed E-state index contributed by atoms with van der Waals surface area (Å²) in [6.07, 6.45) is 0.396. The van der Waals surface area contributed by atoms with Gasteiger partial charge in [0.1, 0.15) is 5.54 Å². The van der Waals surface area contributed by atoms with Gasteiger partial charge in [-0.25, -0.2) is 0 Å². The Bertz CT molecular complexity index is 259. The Morgan fingerprint density at radius 2 is 1.69 bits per heavy atom. The van der Waals surface area contributed by atoms with Gasteiger partial charge in [-0.2, -0.15) is 8.78 Å². The molecule has 0 aromatic heterocycles. The van der Waals surface area contributed by atoms with Crippen molar-refractivity contribution in [2.45, 2.75) is 38.2 Å². The molecule has 1 aliphatic rings. The number of hydrogen-bond acceptors (Lipinski definition) is 2. The molecule has 0 unspecified atom stereocenters. The van der Waals surface area contributed by atoms with E-state index >= 15 is 0 Å². The lowest BCUT2D eigenvalue weighted by Crippen LogP contribution is -2.45. The second kappa shape index (κ2) is 2.75. The quantitative estimate of drug-likeness (QED) is 0.658. The summed E-state index contributed by atoms with van der Waals surface area (Å²) in [5.74, 6) is -6.61. The van der Waals surface area contributed by atoms with Gasteiger partial charge in [-0.1, -0.05) is 13.8 Å². The van der Waals surface area contributed by atoms with E-state index in [-0.39, 0.29) is 12.8 Å². The van der Waals surface area contributed by atoms with E-state index in [1.54, 1.807) is 13.8 Å². The van der Waals surface area contributed by atoms with Gasteiger partial charge in [-0.3, -0.25) is 9.59 Å². The minimum atomic E-state index is -3.84. The SMILES string of the molecule is CCC1(CC)NC(=O)C(F)(F)C1=O. The van der Waals surface area contributed by atoms with Crippen LogP contribution in [0.15, 0.2) is 0 Å². The molecule has 5 heteroatoms. The van der Waals surface area contributed by atoms with Gasteiger partial charge in [-0.15, -0.1) is 0 Å². The van der Waals surface area contributed by atoms with Gasteiger partial charge < -0.3 is 5.32 Å². The van der Waals surface area contributed by atoms with Crippen molar-refractivity contribution in [1.29, 1.82) is 0 Å². The predicted molar refractivity (Wildman–Crippen MR) is 41.4 cm³/mol. The van der Waals surface area contributed by atoms with Crippen molar-refractivity contribution in [3.63, 3.8) is 0 Å². The monoisotopic (exact) mass is 191 g/mol. The van der Waals surface area contributed by atoms with Gasteiger partial charge >= 0.3 is 5.92 Å². The molecule has 0 radical (unpaired) electrons. The second-order valence-corrected chi connectivity index (χ2v) is 3.15. The third-order valence-corrected chi connectivity index (χ3v) is 2.56. The van der Waals surface area contributed by atoms with Gasteiger partial charge in [0.2, 0.25) is 5.78 Å². The molecule has 0 spiro atoms. The van der Waals surface area contributed by atoms with Crippen molar-refractivity contribution in [2.24, 2.45) is 0 Å². The molecule has 0 bridgehead atoms. The van der Waals surface area contributed by atoms with E-state index in [1.807, 2.05) is 0 Å². The summed E-state index contributed by atoms with van der Waals surface area (Å²) in [7, 11) is 0. The van der Waals surface area contributed by atoms with E-state index < -0.39 is 23.2 Å². The third kappa shape index (κ3) is 1.14. The van der Waals surface area contributed by atoms with Gasteiger partial charge in [0.25, 0.3) is 5.91 Å². The maximum Gasteiger partial charge on any atom is 0.383 e. The van der Waals surface area contributed by atoms with Gasteiger partial charge in [0.05, 0.1) is 0 Å². The number of carbonyl (C=O) groups is 2. The van der Waals surface area contributed by atoms with Crippen LogP contribution in [0.4, 0.5) is 8.78 Å². The number of ketones is 1. The fourth-order valence-electron chi connectivity index (χ4n) is 1.50. The van der Waals surface area contributed by atoms with Crippen LogP contribution in [0.3, 0.4) is 0 Å². The summed E-state index contributed by atoms with van der Waals surface area (Å²) in [4.78, 5) is 21.9. The van der Waals surface area contributed by atoms with Crippen molar-refractivity contribution in [1.82, 2.24) is 5.32 Å². The average Bonchev–Trinajstić information content (AvgIpc) is 2.27. The Balaban J connectivity index is 3.09. The Hall–Kier alpha value is -1.00. The molecule has 1 aliphatic heterocycles. The van der Waals surface area contributed by atoms with Gasteiger partial charge in [0, 0.05) is 0 Å². The van der Waals surface area contributed by atoms with Gasteiger partial charge in [0.15, 0.2) is 0 Å². The average molecular weight is 191 g/mol. The predicted octanol–water partition coefficient (Wildman–Crippen LogP) is 0.879. The molecule has 0 atom stereocenters. The molecule has 1 fully saturated rings. The summed E-state index contributed by atoms with van der Waals surface area (Å²) in [6, 6.07) is 0. The van der Waals surface area contributed by atoms with Crippen LogP contribution in [-0.2, 0) is 9.59 Å². The highest BCUT2D eigenvalue weighted by Gasteiger charge is 2.63. The third-order valence-electron chi connectivity index (χ3n) is 2.56. The standard InChI is InChI=1S/C8H11F2NO2/c1-3-7(4-2)5(12)8(9,10)6(13)11-7/h3-4H2,1-2H3,(H,11,13). The van der Waals surface area contributed by atoms with Crippen LogP contribution in [0.2, 0.25) is 0 Å². The number of Topliss-reactive ketones (excluding diaryl/α,β-unsaturated/α-hetero) is 1. The highest BCUT2D eigenvalue weighted by molar-refractivity contribution is 6.18. The second-order valence-electron chi connectivity index (χ2n) is 3.15. The molecule has 74 valence electrons. The van der Waals surface area contributed by atoms with Crippen LogP contribution in [0.25, 0.3) is 0 Å². The Kier molecular flexibility index (Phi) is 2.13. The Morgan fingerprint density at radius 1 is 1.23 bits per heavy atom. The molecule has 0 saturated carbocycles. The van der Waals surface area contributed by atoms with Crippen molar-refractivity contribution >= 4 is 11.7 Å². The van der Waals surface area contributed by atoms with Crippen LogP contribution >= 0.6 is 0 Å². The number of halogens is 2. The smallest absolute Gasteiger partial charge is 0.338 e. The number of carbonyl (C=O) groups excluding carboxylic acids is 2. The summed E-state index contributed by atoms with van der Waals surface area (Å²) in [5.41, 5.74) is -1.35. The zero-order valence-corrected chi connectivity index (χ0v) is 7.49. The molecule has 13 heavy (non-hydrogen) atoms. The maximum absolute atomic E-state index is 12.8. The minimum absolute atomic E-state index is 0.198. The van der Waals surface area contributed by atoms with E-state index in [9.17, 15) is 18.4 Å². The van der Waals surface area contributed by atoms with Crippen molar-refractivity contribution in [3.05, 3.63) is 0 Å². The molecule has 0 aromatic carbocycles. The lowest BCUT2D eigenvalue weighted by atomic mass is 9.89. The molecular weight excluding hydrogens is 180 g/mol. The number of hydrogen-bond donors (Lipinski definition) is 1. The van der Waals surface area contributed by atoms with Crippen molar-refractivity contribution in [3.8, 4) is 0 Å². The zero-order valence-electron chi connectivity index (χ0n) is 7.49. The largest absolute Gasteiger partial charge is 0.383 e. The lowest BCUT2D eigenvalue weighted by molar-refractivity contribution is -0.151. The highest BCUT2D eigenvalue weighted by Crippen LogP contribution is 2.33. The first-order valence-corrected chi connectivity index (χ1v) is 4.16. The number of alkyl halides is 2. The van der Waals surface area contributed by atoms with Crippen LogP contribution in [-0.4, -0.2) is 23.2 Å². The molecule has 1 saturated heterocycles. The lowest BCUT2D eigenvalue weighted by Gasteiger charge is -2.22. The first kappa shape index (κ1) is 10.1. The topological polar surface area (TPSA) is 46.2 Å². The molecule has 1 heterocycles. The van der Waals surface area contributed by atoms with E-state index in [4.69, 9.17) is 0 Å². The van der Waals surface area contributed by atoms with E-state index in [0.717, 1.165) is 0 Å². The summed E-state index contributed by atoms with van der Waals surface area (Å²) >= 11 is 0. The van der Waals surface area contributed by atoms with Crippen LogP contribution in [0.1, 0.15) is 26.7 Å². The number of amides is 1. The van der Waals surface area contributed by atoms with Gasteiger partial charge in [-0.05, 0) is 12.8 Å². The summed E-state index contributed by atoms with van der Waals surface area (Å²) < 4.78 is 25.7. The maximum atomic E-state index is 12.8. The van der Waals surface area contributed by atoms with E-state index in [1.165, 1.54) is 0 Å². The molecule has 1 amide bonds. The van der Waals surface area contributed by atoms with Crippen LogP contribution < -0.4 is 5.32 Å². The number of rotatable bonds is 2. The fraction of sp³-hybridized carbons (Fsp3) is 0.750. The fourth-order valence-corrected chi connectivity index (χ4v) is 1.50. The van der Waals surface area contributed by atoms with Crippen molar-refractivity contribution < 1.29 is 18.4 Å². The van der Waals surface area contributed by atoms with E-state index in [0.29, 0.717) is 0 Å². The first-order chi connectivity index (χ1) is 5.90. The van der Waals surface area contributed by atoms with Crippen LogP contribution in [0, 0.1) is 0 Å². The molecule has 1 N–H and O–H groups in total.